The van der Waals surface area contributed by atoms with Crippen molar-refractivity contribution in [3.63, 3.8) is 0 Å². The Morgan fingerprint density at radius 1 is 1.58 bits per heavy atom. The third-order valence-corrected chi connectivity index (χ3v) is 1.69. The summed E-state index contributed by atoms with van der Waals surface area (Å²) < 4.78 is 1.51. The molecule has 0 radical (unpaired) electrons. The molecular formula is C7H9N5. The average Bonchev–Trinajstić information content (AvgIpc) is 2.52. The summed E-state index contributed by atoms with van der Waals surface area (Å²) >= 11 is 0. The van der Waals surface area contributed by atoms with Crippen molar-refractivity contribution in [2.24, 2.45) is 0 Å². The normalized spacial score (nSPS) is 10.8. The molecule has 0 spiro atoms. The van der Waals surface area contributed by atoms with E-state index in [1.165, 1.54) is 10.8 Å². The van der Waals surface area contributed by atoms with Crippen molar-refractivity contribution in [3.05, 3.63) is 18.1 Å². The summed E-state index contributed by atoms with van der Waals surface area (Å²) in [4.78, 5) is 8.17. The van der Waals surface area contributed by atoms with E-state index in [2.05, 4.69) is 15.1 Å². The van der Waals surface area contributed by atoms with Crippen LogP contribution in [0.3, 0.4) is 0 Å². The van der Waals surface area contributed by atoms with Crippen molar-refractivity contribution in [3.8, 4) is 0 Å². The molecule has 2 heterocycles. The number of aryl methyl sites for hydroxylation is 1. The first-order valence-electron chi connectivity index (χ1n) is 3.76. The lowest BCUT2D eigenvalue weighted by Crippen LogP contribution is -2.02. The van der Waals surface area contributed by atoms with Crippen LogP contribution in [0.25, 0.3) is 5.78 Å². The Labute approximate surface area is 69.2 Å². The molecule has 0 amide bonds. The van der Waals surface area contributed by atoms with Gasteiger partial charge in [0, 0.05) is 11.8 Å². The second kappa shape index (κ2) is 2.44. The Bertz CT molecular complexity index is 405. The fraction of sp³-hybridized carbons (Fsp3) is 0.286. The number of nitrogens with zero attached hydrogens (tertiary/aromatic N) is 4. The molecule has 0 aliphatic carbocycles. The fourth-order valence-corrected chi connectivity index (χ4v) is 1.07. The minimum atomic E-state index is 0.562. The number of fused-ring (bicyclic) bond motifs is 1. The molecular weight excluding hydrogens is 154 g/mol. The Kier molecular flexibility index (Phi) is 1.43. The van der Waals surface area contributed by atoms with E-state index in [1.54, 1.807) is 0 Å². The molecule has 0 saturated carbocycles. The molecule has 0 aliphatic rings. The molecule has 0 aliphatic heterocycles. The highest BCUT2D eigenvalue weighted by molar-refractivity contribution is 5.40. The summed E-state index contributed by atoms with van der Waals surface area (Å²) in [5, 5.41) is 3.91. The molecule has 0 aromatic carbocycles. The first kappa shape index (κ1) is 7.02. The lowest BCUT2D eigenvalue weighted by molar-refractivity contribution is 0.922. The maximum Gasteiger partial charge on any atom is 0.254 e. The van der Waals surface area contributed by atoms with Crippen molar-refractivity contribution in [1.29, 1.82) is 0 Å². The highest BCUT2D eigenvalue weighted by Gasteiger charge is 2.02. The van der Waals surface area contributed by atoms with E-state index in [0.29, 0.717) is 11.6 Å². The van der Waals surface area contributed by atoms with Crippen molar-refractivity contribution in [2.75, 3.05) is 5.73 Å². The second-order valence-electron chi connectivity index (χ2n) is 2.50. The minimum absolute atomic E-state index is 0.562. The topological polar surface area (TPSA) is 69.1 Å². The Hall–Kier alpha value is -1.65. The molecule has 0 bridgehead atoms. The van der Waals surface area contributed by atoms with Gasteiger partial charge in [-0.2, -0.15) is 14.6 Å². The van der Waals surface area contributed by atoms with Crippen molar-refractivity contribution < 1.29 is 0 Å². The number of nitrogen functional groups attached to an aromatic ring is 1. The maximum absolute atomic E-state index is 5.70. The molecule has 12 heavy (non-hydrogen) atoms. The summed E-state index contributed by atoms with van der Waals surface area (Å²) in [6.07, 6.45) is 2.30. The zero-order valence-corrected chi connectivity index (χ0v) is 6.73. The van der Waals surface area contributed by atoms with Crippen LogP contribution in [0.15, 0.2) is 12.4 Å². The van der Waals surface area contributed by atoms with Gasteiger partial charge in [0.05, 0.1) is 0 Å². The van der Waals surface area contributed by atoms with Gasteiger partial charge in [-0.15, -0.1) is 0 Å². The molecule has 0 fully saturated rings. The van der Waals surface area contributed by atoms with E-state index in [4.69, 9.17) is 5.73 Å². The summed E-state index contributed by atoms with van der Waals surface area (Å²) in [7, 11) is 0. The van der Waals surface area contributed by atoms with Crippen LogP contribution in [0.4, 0.5) is 5.82 Å². The molecule has 2 rings (SSSR count). The molecule has 2 aromatic heterocycles. The van der Waals surface area contributed by atoms with E-state index in [-0.39, 0.29) is 0 Å². The van der Waals surface area contributed by atoms with Gasteiger partial charge in [0.1, 0.15) is 12.1 Å². The van der Waals surface area contributed by atoms with Crippen LogP contribution in [0.1, 0.15) is 12.6 Å². The molecule has 62 valence electrons. The summed E-state index contributed by atoms with van der Waals surface area (Å²) in [5.41, 5.74) is 6.64. The van der Waals surface area contributed by atoms with Crippen LogP contribution in [-0.2, 0) is 6.42 Å². The van der Waals surface area contributed by atoms with Gasteiger partial charge < -0.3 is 5.73 Å². The monoisotopic (exact) mass is 163 g/mol. The summed E-state index contributed by atoms with van der Waals surface area (Å²) in [6, 6.07) is 1.81. The molecule has 0 saturated heterocycles. The van der Waals surface area contributed by atoms with E-state index < -0.39 is 0 Å². The second-order valence-corrected chi connectivity index (χ2v) is 2.50. The summed E-state index contributed by atoms with van der Waals surface area (Å²) in [5.74, 6) is 1.14. The van der Waals surface area contributed by atoms with Crippen LogP contribution in [0.5, 0.6) is 0 Å². The maximum atomic E-state index is 5.70. The van der Waals surface area contributed by atoms with Crippen LogP contribution in [-0.4, -0.2) is 19.6 Å². The number of aromatic nitrogens is 4. The van der Waals surface area contributed by atoms with Gasteiger partial charge in [-0.1, -0.05) is 6.92 Å². The van der Waals surface area contributed by atoms with E-state index >= 15 is 0 Å². The van der Waals surface area contributed by atoms with Crippen LogP contribution >= 0.6 is 0 Å². The van der Waals surface area contributed by atoms with Crippen molar-refractivity contribution >= 4 is 11.6 Å². The minimum Gasteiger partial charge on any atom is -0.383 e. The van der Waals surface area contributed by atoms with Gasteiger partial charge in [-0.25, -0.2) is 4.98 Å². The predicted octanol–water partition coefficient (Wildman–Crippen LogP) is 0.269. The molecule has 0 atom stereocenters. The van der Waals surface area contributed by atoms with Gasteiger partial charge in [-0.05, 0) is 6.42 Å². The summed E-state index contributed by atoms with van der Waals surface area (Å²) in [6.45, 7) is 2.02. The fourth-order valence-electron chi connectivity index (χ4n) is 1.07. The smallest absolute Gasteiger partial charge is 0.254 e. The SMILES string of the molecule is CCc1cc(N)n2ncnc2n1. The van der Waals surface area contributed by atoms with Gasteiger partial charge in [0.25, 0.3) is 5.78 Å². The van der Waals surface area contributed by atoms with Crippen LogP contribution in [0.2, 0.25) is 0 Å². The third-order valence-electron chi connectivity index (χ3n) is 1.69. The Balaban J connectivity index is 2.75. The zero-order chi connectivity index (χ0) is 8.55. The number of hydrogen-bond donors (Lipinski definition) is 1. The molecule has 2 aromatic rings. The van der Waals surface area contributed by atoms with E-state index in [1.807, 2.05) is 13.0 Å². The molecule has 5 nitrogen and oxygen atoms in total. The molecule has 2 N–H and O–H groups in total. The standard InChI is InChI=1S/C7H9N5/c1-2-5-3-6(8)12-7(11-5)9-4-10-12/h3-4H,2,8H2,1H3. The third kappa shape index (κ3) is 0.903. The lowest BCUT2D eigenvalue weighted by Gasteiger charge is -1.99. The van der Waals surface area contributed by atoms with Gasteiger partial charge in [0.2, 0.25) is 0 Å². The Morgan fingerprint density at radius 2 is 2.42 bits per heavy atom. The highest BCUT2D eigenvalue weighted by atomic mass is 15.3. The number of rotatable bonds is 1. The first-order chi connectivity index (χ1) is 5.81. The van der Waals surface area contributed by atoms with Crippen LogP contribution in [0, 0.1) is 0 Å². The predicted molar refractivity (Wildman–Crippen MR) is 44.6 cm³/mol. The van der Waals surface area contributed by atoms with Crippen LogP contribution < -0.4 is 5.73 Å². The lowest BCUT2D eigenvalue weighted by atomic mass is 10.3. The average molecular weight is 163 g/mol. The number of anilines is 1. The van der Waals surface area contributed by atoms with Crippen molar-refractivity contribution in [2.45, 2.75) is 13.3 Å². The molecule has 0 unspecified atom stereocenters. The van der Waals surface area contributed by atoms with Gasteiger partial charge in [0.15, 0.2) is 0 Å². The van der Waals surface area contributed by atoms with Gasteiger partial charge in [-0.3, -0.25) is 0 Å². The van der Waals surface area contributed by atoms with E-state index in [0.717, 1.165) is 12.1 Å². The molecule has 5 heteroatoms. The van der Waals surface area contributed by atoms with E-state index in [9.17, 15) is 0 Å². The van der Waals surface area contributed by atoms with Gasteiger partial charge >= 0.3 is 0 Å². The zero-order valence-electron chi connectivity index (χ0n) is 6.73. The Morgan fingerprint density at radius 3 is 3.17 bits per heavy atom. The number of nitrogens with two attached hydrogens (primary N) is 1. The number of hydrogen-bond acceptors (Lipinski definition) is 4. The van der Waals surface area contributed by atoms with Crippen molar-refractivity contribution in [1.82, 2.24) is 19.6 Å². The first-order valence-corrected chi connectivity index (χ1v) is 3.76. The largest absolute Gasteiger partial charge is 0.383 e. The highest BCUT2D eigenvalue weighted by Crippen LogP contribution is 2.06. The quantitative estimate of drug-likeness (QED) is 0.655.